The van der Waals surface area contributed by atoms with E-state index in [1.54, 1.807) is 17.2 Å². The summed E-state index contributed by atoms with van der Waals surface area (Å²) in [5.41, 5.74) is -0.0850. The zero-order valence-electron chi connectivity index (χ0n) is 16.4. The lowest BCUT2D eigenvalue weighted by molar-refractivity contribution is -0.137. The zero-order chi connectivity index (χ0) is 21.7. The predicted molar refractivity (Wildman–Crippen MR) is 106 cm³/mol. The van der Waals surface area contributed by atoms with Crippen molar-refractivity contribution >= 4 is 23.3 Å². The molecule has 10 heteroatoms. The molecule has 2 aromatic rings. The van der Waals surface area contributed by atoms with Gasteiger partial charge in [-0.3, -0.25) is 4.79 Å². The van der Waals surface area contributed by atoms with Crippen molar-refractivity contribution < 1.29 is 22.7 Å². The molecular weight excluding hydrogens is 421 g/mol. The normalized spacial score (nSPS) is 15.2. The van der Waals surface area contributed by atoms with Gasteiger partial charge in [0, 0.05) is 43.5 Å². The SMILES string of the molecule is CCOc1ncccc1CNC(=O)C1CCN(c2ncc(C(F)(F)F)cc2Cl)CC1. The highest BCUT2D eigenvalue weighted by atomic mass is 35.5. The number of aromatic nitrogens is 2. The standard InChI is InChI=1S/C20H22ClF3N4O2/c1-2-30-19-14(4-3-7-25-19)11-27-18(29)13-5-8-28(9-6-13)17-16(21)10-15(12-26-17)20(22,23)24/h3-4,7,10,12-13H,2,5-6,8-9,11H2,1H3,(H,27,29). The lowest BCUT2D eigenvalue weighted by atomic mass is 9.95. The molecule has 30 heavy (non-hydrogen) atoms. The number of anilines is 1. The van der Waals surface area contributed by atoms with Crippen LogP contribution in [-0.2, 0) is 17.5 Å². The third kappa shape index (κ3) is 5.33. The van der Waals surface area contributed by atoms with Crippen molar-refractivity contribution in [1.82, 2.24) is 15.3 Å². The Morgan fingerprint density at radius 2 is 2.07 bits per heavy atom. The van der Waals surface area contributed by atoms with Gasteiger partial charge in [0.1, 0.15) is 5.82 Å². The molecule has 1 aliphatic rings. The highest BCUT2D eigenvalue weighted by Gasteiger charge is 2.33. The Labute approximate surface area is 177 Å². The Morgan fingerprint density at radius 1 is 1.33 bits per heavy atom. The maximum atomic E-state index is 12.8. The van der Waals surface area contributed by atoms with Crippen LogP contribution in [0.2, 0.25) is 5.02 Å². The van der Waals surface area contributed by atoms with Gasteiger partial charge in [-0.15, -0.1) is 0 Å². The lowest BCUT2D eigenvalue weighted by Crippen LogP contribution is -2.40. The number of nitrogens with zero attached hydrogens (tertiary/aromatic N) is 3. The third-order valence-electron chi connectivity index (χ3n) is 4.90. The molecule has 0 aliphatic carbocycles. The number of carbonyl (C=O) groups is 1. The number of hydrogen-bond acceptors (Lipinski definition) is 5. The minimum absolute atomic E-state index is 0.0484. The van der Waals surface area contributed by atoms with Gasteiger partial charge in [0.2, 0.25) is 11.8 Å². The van der Waals surface area contributed by atoms with E-state index in [4.69, 9.17) is 16.3 Å². The van der Waals surface area contributed by atoms with Crippen LogP contribution in [0.5, 0.6) is 5.88 Å². The van der Waals surface area contributed by atoms with E-state index < -0.39 is 11.7 Å². The number of rotatable bonds is 6. The van der Waals surface area contributed by atoms with Crippen LogP contribution in [0.3, 0.4) is 0 Å². The van der Waals surface area contributed by atoms with Crippen molar-refractivity contribution in [1.29, 1.82) is 0 Å². The summed E-state index contributed by atoms with van der Waals surface area (Å²) in [6.45, 7) is 3.62. The van der Waals surface area contributed by atoms with Gasteiger partial charge >= 0.3 is 6.18 Å². The molecule has 1 N–H and O–H groups in total. The Bertz CT molecular complexity index is 887. The van der Waals surface area contributed by atoms with E-state index in [1.165, 1.54) is 0 Å². The van der Waals surface area contributed by atoms with E-state index in [-0.39, 0.29) is 16.8 Å². The molecule has 0 radical (unpaired) electrons. The fraction of sp³-hybridized carbons (Fsp3) is 0.450. The average Bonchev–Trinajstić information content (AvgIpc) is 2.72. The number of pyridine rings is 2. The summed E-state index contributed by atoms with van der Waals surface area (Å²) in [4.78, 5) is 22.4. The van der Waals surface area contributed by atoms with Gasteiger partial charge < -0.3 is 15.0 Å². The summed E-state index contributed by atoms with van der Waals surface area (Å²) in [6.07, 6.45) is -0.973. The maximum Gasteiger partial charge on any atom is 0.417 e. The summed E-state index contributed by atoms with van der Waals surface area (Å²) in [7, 11) is 0. The Hall–Kier alpha value is -2.55. The molecule has 2 aromatic heterocycles. The summed E-state index contributed by atoms with van der Waals surface area (Å²) in [5, 5.41) is 2.87. The van der Waals surface area contributed by atoms with E-state index in [2.05, 4.69) is 15.3 Å². The molecule has 0 unspecified atom stereocenters. The van der Waals surface area contributed by atoms with Gasteiger partial charge in [0.15, 0.2) is 0 Å². The summed E-state index contributed by atoms with van der Waals surface area (Å²) < 4.78 is 43.8. The maximum absolute atomic E-state index is 12.8. The van der Waals surface area contributed by atoms with Crippen LogP contribution >= 0.6 is 11.6 Å². The van der Waals surface area contributed by atoms with E-state index in [0.717, 1.165) is 17.8 Å². The van der Waals surface area contributed by atoms with Crippen LogP contribution < -0.4 is 15.0 Å². The van der Waals surface area contributed by atoms with Crippen LogP contribution in [0.25, 0.3) is 0 Å². The molecule has 0 bridgehead atoms. The number of carbonyl (C=O) groups excluding carboxylic acids is 1. The molecule has 3 rings (SSSR count). The number of piperidine rings is 1. The molecule has 0 spiro atoms. The monoisotopic (exact) mass is 442 g/mol. The van der Waals surface area contributed by atoms with Crippen molar-refractivity contribution in [2.45, 2.75) is 32.5 Å². The van der Waals surface area contributed by atoms with Crippen LogP contribution in [0.15, 0.2) is 30.6 Å². The molecule has 3 heterocycles. The average molecular weight is 443 g/mol. The van der Waals surface area contributed by atoms with Crippen LogP contribution in [0.1, 0.15) is 30.9 Å². The number of alkyl halides is 3. The first-order chi connectivity index (χ1) is 14.3. The first-order valence-corrected chi connectivity index (χ1v) is 9.99. The fourth-order valence-electron chi connectivity index (χ4n) is 3.32. The van der Waals surface area contributed by atoms with Gasteiger partial charge in [-0.25, -0.2) is 9.97 Å². The summed E-state index contributed by atoms with van der Waals surface area (Å²) >= 11 is 6.02. The quantitative estimate of drug-likeness (QED) is 0.730. The van der Waals surface area contributed by atoms with Gasteiger partial charge in [0.05, 0.1) is 17.2 Å². The van der Waals surface area contributed by atoms with E-state index in [1.807, 2.05) is 13.0 Å². The second-order valence-electron chi connectivity index (χ2n) is 6.91. The first-order valence-electron chi connectivity index (χ1n) is 9.61. The minimum atomic E-state index is -4.49. The number of halogens is 4. The fourth-order valence-corrected chi connectivity index (χ4v) is 3.61. The first kappa shape index (κ1) is 22.1. The zero-order valence-corrected chi connectivity index (χ0v) is 17.1. The number of hydrogen-bond donors (Lipinski definition) is 1. The van der Waals surface area contributed by atoms with Crippen molar-refractivity contribution in [2.75, 3.05) is 24.6 Å². The molecule has 1 fully saturated rings. The van der Waals surface area contributed by atoms with Gasteiger partial charge in [-0.05, 0) is 31.9 Å². The van der Waals surface area contributed by atoms with Crippen LogP contribution in [0.4, 0.5) is 19.0 Å². The van der Waals surface area contributed by atoms with Crippen molar-refractivity contribution in [2.24, 2.45) is 5.92 Å². The largest absolute Gasteiger partial charge is 0.478 e. The second-order valence-corrected chi connectivity index (χ2v) is 7.31. The number of amides is 1. The Morgan fingerprint density at radius 3 is 2.70 bits per heavy atom. The molecule has 0 atom stereocenters. The van der Waals surface area contributed by atoms with Gasteiger partial charge in [-0.1, -0.05) is 17.7 Å². The van der Waals surface area contributed by atoms with Crippen molar-refractivity contribution in [3.8, 4) is 5.88 Å². The molecular formula is C20H22ClF3N4O2. The van der Waals surface area contributed by atoms with E-state index in [0.29, 0.717) is 50.8 Å². The Kier molecular flexibility index (Phi) is 7.02. The summed E-state index contributed by atoms with van der Waals surface area (Å²) in [6, 6.07) is 4.51. The third-order valence-corrected chi connectivity index (χ3v) is 5.18. The van der Waals surface area contributed by atoms with Crippen LogP contribution in [0, 0.1) is 5.92 Å². The number of ether oxygens (including phenoxy) is 1. The highest BCUT2D eigenvalue weighted by molar-refractivity contribution is 6.33. The second kappa shape index (κ2) is 9.51. The number of nitrogens with one attached hydrogen (secondary N) is 1. The van der Waals surface area contributed by atoms with Gasteiger partial charge in [0.25, 0.3) is 0 Å². The molecule has 0 saturated carbocycles. The van der Waals surface area contributed by atoms with E-state index in [9.17, 15) is 18.0 Å². The summed E-state index contributed by atoms with van der Waals surface area (Å²) in [5.74, 6) is 0.535. The Balaban J connectivity index is 1.55. The molecule has 162 valence electrons. The topological polar surface area (TPSA) is 67.3 Å². The molecule has 6 nitrogen and oxygen atoms in total. The van der Waals surface area contributed by atoms with Gasteiger partial charge in [-0.2, -0.15) is 13.2 Å². The van der Waals surface area contributed by atoms with Crippen molar-refractivity contribution in [3.05, 3.63) is 46.7 Å². The highest BCUT2D eigenvalue weighted by Crippen LogP contribution is 2.34. The molecule has 1 amide bonds. The van der Waals surface area contributed by atoms with E-state index >= 15 is 0 Å². The lowest BCUT2D eigenvalue weighted by Gasteiger charge is -2.32. The molecule has 0 aromatic carbocycles. The predicted octanol–water partition coefficient (Wildman–Crippen LogP) is 4.08. The molecule has 1 aliphatic heterocycles. The van der Waals surface area contributed by atoms with Crippen molar-refractivity contribution in [3.63, 3.8) is 0 Å². The minimum Gasteiger partial charge on any atom is -0.478 e. The van der Waals surface area contributed by atoms with Crippen LogP contribution in [-0.4, -0.2) is 35.6 Å². The smallest absolute Gasteiger partial charge is 0.417 e. The molecule has 1 saturated heterocycles.